The van der Waals surface area contributed by atoms with Crippen molar-refractivity contribution in [3.8, 4) is 5.75 Å². The maximum atomic E-state index is 12.7. The molecule has 0 bridgehead atoms. The molecule has 5 rings (SSSR count). The Labute approximate surface area is 216 Å². The van der Waals surface area contributed by atoms with Gasteiger partial charge in [0.1, 0.15) is 18.0 Å². The van der Waals surface area contributed by atoms with Gasteiger partial charge >= 0.3 is 6.03 Å². The van der Waals surface area contributed by atoms with Crippen molar-refractivity contribution in [2.24, 2.45) is 0 Å². The summed E-state index contributed by atoms with van der Waals surface area (Å²) in [6, 6.07) is 6.27. The number of ether oxygens (including phenoxy) is 4. The normalized spacial score (nSPS) is 24.0. The summed E-state index contributed by atoms with van der Waals surface area (Å²) in [4.78, 5) is 38.2. The van der Waals surface area contributed by atoms with E-state index in [9.17, 15) is 9.59 Å². The van der Waals surface area contributed by atoms with Crippen molar-refractivity contribution in [1.82, 2.24) is 24.8 Å². The van der Waals surface area contributed by atoms with Crippen LogP contribution in [0.25, 0.3) is 11.2 Å². The molecule has 13 nitrogen and oxygen atoms in total. The van der Waals surface area contributed by atoms with Gasteiger partial charge in [-0.05, 0) is 56.6 Å². The Morgan fingerprint density at radius 2 is 1.86 bits per heavy atom. The van der Waals surface area contributed by atoms with Crippen molar-refractivity contribution >= 4 is 46.2 Å². The van der Waals surface area contributed by atoms with Gasteiger partial charge in [0.05, 0.1) is 13.4 Å². The van der Waals surface area contributed by atoms with Crippen molar-refractivity contribution in [3.63, 3.8) is 0 Å². The number of rotatable bonds is 6. The zero-order valence-corrected chi connectivity index (χ0v) is 21.3. The predicted molar refractivity (Wildman–Crippen MR) is 132 cm³/mol. The molecule has 4 heterocycles. The highest BCUT2D eigenvalue weighted by Gasteiger charge is 2.58. The second-order valence-electron chi connectivity index (χ2n) is 8.88. The standard InChI is InChI=1S/C23H26ClN7O6/c1-5-25-19(32)15-14-16(37-23(2,3)36-14)20(35-15)31-10-26-13-17(28-21(24)30-18(13)31)29-22(33)27-11-6-8-12(34-4)9-7-11/h6-10,14-16,20H,5H2,1-4H3,(H,25,32)(H2,27,28,29,30,33)/t14-,15+,16-,20-/m1/s1. The van der Waals surface area contributed by atoms with Crippen molar-refractivity contribution in [1.29, 1.82) is 0 Å². The van der Waals surface area contributed by atoms with Crippen LogP contribution in [0.2, 0.25) is 5.28 Å². The van der Waals surface area contributed by atoms with Gasteiger partial charge in [-0.25, -0.2) is 9.78 Å². The molecule has 14 heteroatoms. The van der Waals surface area contributed by atoms with Crippen LogP contribution in [0.3, 0.4) is 0 Å². The van der Waals surface area contributed by atoms with Crippen LogP contribution in [-0.4, -0.2) is 69.2 Å². The topological polar surface area (TPSA) is 151 Å². The van der Waals surface area contributed by atoms with Crippen molar-refractivity contribution in [2.45, 2.75) is 51.1 Å². The number of benzene rings is 1. The van der Waals surface area contributed by atoms with Crippen LogP contribution in [0.15, 0.2) is 30.6 Å². The largest absolute Gasteiger partial charge is 0.497 e. The number of aromatic nitrogens is 4. The summed E-state index contributed by atoms with van der Waals surface area (Å²) in [5.74, 6) is -0.474. The van der Waals surface area contributed by atoms with E-state index in [0.717, 1.165) is 0 Å². The summed E-state index contributed by atoms with van der Waals surface area (Å²) in [7, 11) is 1.56. The molecular formula is C23H26ClN7O6. The van der Waals surface area contributed by atoms with Gasteiger partial charge in [-0.15, -0.1) is 0 Å². The molecule has 3 aromatic rings. The van der Waals surface area contributed by atoms with E-state index in [-0.39, 0.29) is 28.2 Å². The molecule has 2 aliphatic rings. The highest BCUT2D eigenvalue weighted by Crippen LogP contribution is 2.44. The lowest BCUT2D eigenvalue weighted by atomic mass is 10.1. The molecule has 196 valence electrons. The van der Waals surface area contributed by atoms with Gasteiger partial charge in [0.25, 0.3) is 5.91 Å². The lowest BCUT2D eigenvalue weighted by Gasteiger charge is -2.24. The average Bonchev–Trinajstić information content (AvgIpc) is 3.50. The van der Waals surface area contributed by atoms with Gasteiger partial charge in [0, 0.05) is 12.2 Å². The second-order valence-corrected chi connectivity index (χ2v) is 9.22. The lowest BCUT2D eigenvalue weighted by molar-refractivity contribution is -0.197. The Kier molecular flexibility index (Phi) is 6.62. The van der Waals surface area contributed by atoms with E-state index in [4.69, 9.17) is 30.5 Å². The SMILES string of the molecule is CCNC(=O)[C@H]1O[C@@H](n2cnc3c(NC(=O)Nc4ccc(OC)cc4)nc(Cl)nc32)[C@@H]2OC(C)(C)O[C@@H]21. The van der Waals surface area contributed by atoms with Gasteiger partial charge < -0.3 is 29.6 Å². The second kappa shape index (κ2) is 9.74. The number of methoxy groups -OCH3 is 1. The van der Waals surface area contributed by atoms with Crippen LogP contribution in [-0.2, 0) is 19.0 Å². The Morgan fingerprint density at radius 1 is 1.14 bits per heavy atom. The average molecular weight is 532 g/mol. The van der Waals surface area contributed by atoms with Crippen molar-refractivity contribution in [2.75, 3.05) is 24.3 Å². The fourth-order valence-corrected chi connectivity index (χ4v) is 4.56. The van der Waals surface area contributed by atoms with E-state index in [1.807, 2.05) is 6.92 Å². The highest BCUT2D eigenvalue weighted by atomic mass is 35.5. The van der Waals surface area contributed by atoms with Crippen LogP contribution in [0.4, 0.5) is 16.3 Å². The third-order valence-electron chi connectivity index (χ3n) is 5.89. The van der Waals surface area contributed by atoms with Crippen LogP contribution < -0.4 is 20.7 Å². The molecule has 2 fully saturated rings. The van der Waals surface area contributed by atoms with Crippen molar-refractivity contribution in [3.05, 3.63) is 35.9 Å². The number of hydrogen-bond donors (Lipinski definition) is 3. The molecule has 0 spiro atoms. The first kappa shape index (κ1) is 25.1. The molecule has 1 aromatic carbocycles. The number of nitrogens with one attached hydrogen (secondary N) is 3. The maximum Gasteiger partial charge on any atom is 0.324 e. The number of halogens is 1. The Bertz CT molecular complexity index is 1330. The number of imidazole rings is 1. The minimum Gasteiger partial charge on any atom is -0.497 e. The van der Waals surface area contributed by atoms with E-state index < -0.39 is 36.4 Å². The summed E-state index contributed by atoms with van der Waals surface area (Å²) in [5.41, 5.74) is 1.10. The summed E-state index contributed by atoms with van der Waals surface area (Å²) >= 11 is 6.20. The molecule has 0 unspecified atom stereocenters. The number of anilines is 2. The zero-order chi connectivity index (χ0) is 26.3. The molecule has 0 saturated carbocycles. The van der Waals surface area contributed by atoms with E-state index in [1.165, 1.54) is 6.33 Å². The monoisotopic (exact) mass is 531 g/mol. The number of likely N-dealkylation sites (N-methyl/N-ethyl adjacent to an activating group) is 1. The predicted octanol–water partition coefficient (Wildman–Crippen LogP) is 2.69. The smallest absolute Gasteiger partial charge is 0.324 e. The van der Waals surface area contributed by atoms with Gasteiger partial charge in [-0.3, -0.25) is 14.7 Å². The summed E-state index contributed by atoms with van der Waals surface area (Å²) in [6.07, 6.45) is -1.49. The first-order valence-corrected chi connectivity index (χ1v) is 12.0. The van der Waals surface area contributed by atoms with E-state index in [1.54, 1.807) is 49.8 Å². The molecule has 4 atom stereocenters. The van der Waals surface area contributed by atoms with E-state index in [2.05, 4.69) is 30.9 Å². The fourth-order valence-electron chi connectivity index (χ4n) is 4.39. The summed E-state index contributed by atoms with van der Waals surface area (Å²) in [6.45, 7) is 5.80. The Balaban J connectivity index is 1.42. The molecule has 3 amide bonds. The number of nitrogens with zero attached hydrogens (tertiary/aromatic N) is 4. The highest BCUT2D eigenvalue weighted by molar-refractivity contribution is 6.28. The number of fused-ring (bicyclic) bond motifs is 2. The summed E-state index contributed by atoms with van der Waals surface area (Å²) < 4.78 is 24.9. The fraction of sp³-hybridized carbons (Fsp3) is 0.435. The molecular weight excluding hydrogens is 506 g/mol. The van der Waals surface area contributed by atoms with Gasteiger partial charge in [0.15, 0.2) is 35.1 Å². The molecule has 0 aliphatic carbocycles. The minimum absolute atomic E-state index is 0.0958. The quantitative estimate of drug-likeness (QED) is 0.408. The molecule has 3 N–H and O–H groups in total. The third kappa shape index (κ3) is 4.90. The van der Waals surface area contributed by atoms with Crippen LogP contribution in [0, 0.1) is 0 Å². The first-order valence-electron chi connectivity index (χ1n) is 11.6. The number of hydrogen-bond acceptors (Lipinski definition) is 9. The number of carbonyl (C=O) groups excluding carboxylic acids is 2. The molecule has 2 aliphatic heterocycles. The van der Waals surface area contributed by atoms with E-state index in [0.29, 0.717) is 18.0 Å². The molecule has 2 saturated heterocycles. The van der Waals surface area contributed by atoms with Crippen LogP contribution >= 0.6 is 11.6 Å². The molecule has 0 radical (unpaired) electrons. The number of urea groups is 1. The molecule has 2 aromatic heterocycles. The van der Waals surface area contributed by atoms with Crippen molar-refractivity contribution < 1.29 is 28.5 Å². The maximum absolute atomic E-state index is 12.7. The van der Waals surface area contributed by atoms with Crippen LogP contribution in [0.5, 0.6) is 5.75 Å². The molecule has 37 heavy (non-hydrogen) atoms. The van der Waals surface area contributed by atoms with Gasteiger partial charge in [-0.2, -0.15) is 9.97 Å². The Hall–Kier alpha value is -3.52. The van der Waals surface area contributed by atoms with Crippen LogP contribution in [0.1, 0.15) is 27.0 Å². The van der Waals surface area contributed by atoms with Gasteiger partial charge in [0.2, 0.25) is 5.28 Å². The Morgan fingerprint density at radius 3 is 2.57 bits per heavy atom. The zero-order valence-electron chi connectivity index (χ0n) is 20.5. The lowest BCUT2D eigenvalue weighted by Crippen LogP contribution is -2.42. The summed E-state index contributed by atoms with van der Waals surface area (Å²) in [5, 5.41) is 8.01. The third-order valence-corrected chi connectivity index (χ3v) is 6.06. The van der Waals surface area contributed by atoms with Gasteiger partial charge in [-0.1, -0.05) is 0 Å². The minimum atomic E-state index is -0.919. The number of carbonyl (C=O) groups is 2. The number of amides is 3. The first-order chi connectivity index (χ1) is 17.7. The van der Waals surface area contributed by atoms with E-state index >= 15 is 0 Å².